The second-order valence-electron chi connectivity index (χ2n) is 6.07. The summed E-state index contributed by atoms with van der Waals surface area (Å²) in [5.41, 5.74) is 0. The number of nitrogens with zero attached hydrogens (tertiary/aromatic N) is 1. The van der Waals surface area contributed by atoms with Crippen molar-refractivity contribution < 1.29 is 4.74 Å². The van der Waals surface area contributed by atoms with Gasteiger partial charge in [-0.15, -0.1) is 0 Å². The van der Waals surface area contributed by atoms with E-state index in [-0.39, 0.29) is 0 Å². The molecule has 2 rings (SSSR count). The molecular formula is C15H30N2O. The van der Waals surface area contributed by atoms with Gasteiger partial charge in [0.1, 0.15) is 0 Å². The summed E-state index contributed by atoms with van der Waals surface area (Å²) in [5, 5.41) is 3.76. The van der Waals surface area contributed by atoms with Crippen molar-refractivity contribution in [2.45, 2.75) is 51.5 Å². The van der Waals surface area contributed by atoms with Crippen molar-refractivity contribution in [3.05, 3.63) is 0 Å². The van der Waals surface area contributed by atoms with Crippen molar-refractivity contribution in [3.8, 4) is 0 Å². The number of ether oxygens (including phenoxy) is 1. The number of morpholine rings is 1. The molecule has 2 atom stereocenters. The fourth-order valence-corrected chi connectivity index (χ4v) is 3.12. The summed E-state index contributed by atoms with van der Waals surface area (Å²) >= 11 is 0. The molecule has 2 unspecified atom stereocenters. The molecule has 0 aromatic rings. The minimum Gasteiger partial charge on any atom is -0.379 e. The van der Waals surface area contributed by atoms with Gasteiger partial charge in [0, 0.05) is 19.1 Å². The first-order chi connectivity index (χ1) is 8.84. The van der Waals surface area contributed by atoms with Crippen molar-refractivity contribution in [1.82, 2.24) is 10.2 Å². The summed E-state index contributed by atoms with van der Waals surface area (Å²) in [4.78, 5) is 2.53. The number of hydrogen-bond acceptors (Lipinski definition) is 3. The molecule has 106 valence electrons. The van der Waals surface area contributed by atoms with Gasteiger partial charge in [0.15, 0.2) is 0 Å². The molecule has 0 radical (unpaired) electrons. The van der Waals surface area contributed by atoms with Crippen molar-refractivity contribution >= 4 is 0 Å². The van der Waals surface area contributed by atoms with E-state index < -0.39 is 0 Å². The monoisotopic (exact) mass is 254 g/mol. The Kier molecular flexibility index (Phi) is 6.46. The smallest absolute Gasteiger partial charge is 0.0594 e. The average Bonchev–Trinajstić information content (AvgIpc) is 2.61. The van der Waals surface area contributed by atoms with E-state index in [1.807, 2.05) is 0 Å². The summed E-state index contributed by atoms with van der Waals surface area (Å²) in [7, 11) is 0. The van der Waals surface area contributed by atoms with Crippen LogP contribution in [0.2, 0.25) is 0 Å². The third-order valence-electron chi connectivity index (χ3n) is 4.45. The summed E-state index contributed by atoms with van der Waals surface area (Å²) in [5.74, 6) is 0.949. The minimum absolute atomic E-state index is 0.791. The maximum atomic E-state index is 5.37. The topological polar surface area (TPSA) is 24.5 Å². The van der Waals surface area contributed by atoms with E-state index in [9.17, 15) is 0 Å². The molecule has 0 bridgehead atoms. The molecule has 2 aliphatic rings. The van der Waals surface area contributed by atoms with Gasteiger partial charge in [-0.05, 0) is 44.7 Å². The van der Waals surface area contributed by atoms with Gasteiger partial charge in [-0.2, -0.15) is 0 Å². The second-order valence-corrected chi connectivity index (χ2v) is 6.07. The van der Waals surface area contributed by atoms with Gasteiger partial charge in [-0.3, -0.25) is 4.90 Å². The standard InChI is InChI=1S/C15H30N2O/c1-14-4-2-5-15(7-6-14)16-8-3-9-17-10-12-18-13-11-17/h14-16H,2-13H2,1H3. The van der Waals surface area contributed by atoms with E-state index in [4.69, 9.17) is 4.74 Å². The normalized spacial score (nSPS) is 31.2. The first kappa shape index (κ1) is 14.3. The molecule has 1 saturated carbocycles. The quantitative estimate of drug-likeness (QED) is 0.602. The molecule has 0 spiro atoms. The highest BCUT2D eigenvalue weighted by atomic mass is 16.5. The zero-order chi connectivity index (χ0) is 12.6. The molecule has 1 N–H and O–H groups in total. The summed E-state index contributed by atoms with van der Waals surface area (Å²) in [6, 6.07) is 0.791. The van der Waals surface area contributed by atoms with E-state index in [1.165, 1.54) is 51.6 Å². The van der Waals surface area contributed by atoms with Gasteiger partial charge in [0.25, 0.3) is 0 Å². The molecule has 2 fully saturated rings. The Morgan fingerprint density at radius 1 is 1.11 bits per heavy atom. The van der Waals surface area contributed by atoms with Crippen LogP contribution in [0, 0.1) is 5.92 Å². The SMILES string of the molecule is CC1CCCC(NCCCN2CCOCC2)CC1. The molecular weight excluding hydrogens is 224 g/mol. The van der Waals surface area contributed by atoms with E-state index >= 15 is 0 Å². The minimum atomic E-state index is 0.791. The molecule has 1 aliphatic heterocycles. The van der Waals surface area contributed by atoms with Gasteiger partial charge >= 0.3 is 0 Å². The van der Waals surface area contributed by atoms with E-state index in [0.717, 1.165) is 38.3 Å². The fourth-order valence-electron chi connectivity index (χ4n) is 3.12. The van der Waals surface area contributed by atoms with Crippen LogP contribution < -0.4 is 5.32 Å². The van der Waals surface area contributed by atoms with Gasteiger partial charge < -0.3 is 10.1 Å². The lowest BCUT2D eigenvalue weighted by atomic mass is 10.0. The predicted molar refractivity (Wildman–Crippen MR) is 75.9 cm³/mol. The van der Waals surface area contributed by atoms with Crippen LogP contribution in [0.5, 0.6) is 0 Å². The highest BCUT2D eigenvalue weighted by Gasteiger charge is 2.15. The molecule has 18 heavy (non-hydrogen) atoms. The van der Waals surface area contributed by atoms with Gasteiger partial charge in [0.2, 0.25) is 0 Å². The third kappa shape index (κ3) is 5.25. The van der Waals surface area contributed by atoms with E-state index in [1.54, 1.807) is 0 Å². The van der Waals surface area contributed by atoms with Gasteiger partial charge in [-0.25, -0.2) is 0 Å². The van der Waals surface area contributed by atoms with Crippen LogP contribution in [-0.2, 0) is 4.74 Å². The Bertz CT molecular complexity index is 217. The fraction of sp³-hybridized carbons (Fsp3) is 1.00. The number of rotatable bonds is 5. The van der Waals surface area contributed by atoms with Crippen LogP contribution in [0.4, 0.5) is 0 Å². The third-order valence-corrected chi connectivity index (χ3v) is 4.45. The Morgan fingerprint density at radius 3 is 2.78 bits per heavy atom. The maximum absolute atomic E-state index is 5.37. The first-order valence-electron chi connectivity index (χ1n) is 7.88. The maximum Gasteiger partial charge on any atom is 0.0594 e. The van der Waals surface area contributed by atoms with Crippen molar-refractivity contribution in [1.29, 1.82) is 0 Å². The van der Waals surface area contributed by atoms with Gasteiger partial charge in [0.05, 0.1) is 13.2 Å². The molecule has 0 aromatic carbocycles. The Labute approximate surface area is 112 Å². The zero-order valence-electron chi connectivity index (χ0n) is 12.0. The lowest BCUT2D eigenvalue weighted by molar-refractivity contribution is 0.0373. The van der Waals surface area contributed by atoms with Crippen molar-refractivity contribution in [3.63, 3.8) is 0 Å². The summed E-state index contributed by atoms with van der Waals surface area (Å²) in [6.45, 7) is 8.93. The zero-order valence-corrected chi connectivity index (χ0v) is 12.0. The molecule has 0 amide bonds. The lowest BCUT2D eigenvalue weighted by Gasteiger charge is -2.26. The molecule has 1 saturated heterocycles. The molecule has 3 nitrogen and oxygen atoms in total. The number of hydrogen-bond donors (Lipinski definition) is 1. The molecule has 1 aliphatic carbocycles. The Hall–Kier alpha value is -0.120. The highest BCUT2D eigenvalue weighted by molar-refractivity contribution is 4.73. The van der Waals surface area contributed by atoms with Crippen molar-refractivity contribution in [2.75, 3.05) is 39.4 Å². The summed E-state index contributed by atoms with van der Waals surface area (Å²) in [6.07, 6.45) is 8.34. The largest absolute Gasteiger partial charge is 0.379 e. The van der Waals surface area contributed by atoms with Crippen LogP contribution in [0.3, 0.4) is 0 Å². The van der Waals surface area contributed by atoms with Gasteiger partial charge in [-0.1, -0.05) is 19.8 Å². The lowest BCUT2D eigenvalue weighted by Crippen LogP contribution is -2.38. The summed E-state index contributed by atoms with van der Waals surface area (Å²) < 4.78 is 5.37. The van der Waals surface area contributed by atoms with Crippen LogP contribution in [0.25, 0.3) is 0 Å². The Balaban J connectivity index is 1.51. The van der Waals surface area contributed by atoms with E-state index in [0.29, 0.717) is 0 Å². The van der Waals surface area contributed by atoms with Crippen LogP contribution >= 0.6 is 0 Å². The average molecular weight is 254 g/mol. The predicted octanol–water partition coefficient (Wildman–Crippen LogP) is 2.27. The molecule has 1 heterocycles. The van der Waals surface area contributed by atoms with E-state index in [2.05, 4.69) is 17.1 Å². The van der Waals surface area contributed by atoms with Crippen LogP contribution in [-0.4, -0.2) is 50.3 Å². The number of nitrogens with one attached hydrogen (secondary N) is 1. The first-order valence-corrected chi connectivity index (χ1v) is 7.88. The van der Waals surface area contributed by atoms with Crippen molar-refractivity contribution in [2.24, 2.45) is 5.92 Å². The molecule has 3 heteroatoms. The highest BCUT2D eigenvalue weighted by Crippen LogP contribution is 2.22. The van der Waals surface area contributed by atoms with Crippen LogP contribution in [0.1, 0.15) is 45.4 Å². The van der Waals surface area contributed by atoms with Crippen LogP contribution in [0.15, 0.2) is 0 Å². The molecule has 0 aromatic heterocycles. The second kappa shape index (κ2) is 8.13. The Morgan fingerprint density at radius 2 is 1.94 bits per heavy atom.